The summed E-state index contributed by atoms with van der Waals surface area (Å²) in [4.78, 5) is 17.7. The van der Waals surface area contributed by atoms with Crippen LogP contribution in [-0.2, 0) is 0 Å². The number of aromatic nitrogens is 1. The third kappa shape index (κ3) is 3.09. The Kier molecular flexibility index (Phi) is 3.81. The fourth-order valence-corrected chi connectivity index (χ4v) is 1.98. The van der Waals surface area contributed by atoms with E-state index in [4.69, 9.17) is 11.6 Å². The van der Waals surface area contributed by atoms with E-state index >= 15 is 0 Å². The van der Waals surface area contributed by atoms with E-state index < -0.39 is 0 Å². The summed E-state index contributed by atoms with van der Waals surface area (Å²) in [5, 5.41) is 0.274. The number of hydrogen-bond acceptors (Lipinski definition) is 2. The Labute approximate surface area is 115 Å². The average Bonchev–Trinajstić information content (AvgIpc) is 2.37. The van der Waals surface area contributed by atoms with Crippen molar-refractivity contribution in [3.63, 3.8) is 0 Å². The molecular formula is C14H12ClFN2O. The molecule has 3 nitrogen and oxygen atoms in total. The molecule has 2 aromatic rings. The van der Waals surface area contributed by atoms with Gasteiger partial charge in [0.1, 0.15) is 11.0 Å². The Hall–Kier alpha value is -1.94. The molecule has 0 spiro atoms. The molecule has 0 radical (unpaired) electrons. The molecule has 1 aromatic heterocycles. The summed E-state index contributed by atoms with van der Waals surface area (Å²) in [6.45, 7) is 1.76. The summed E-state index contributed by atoms with van der Waals surface area (Å²) in [6, 6.07) is 8.88. The smallest absolute Gasteiger partial charge is 0.258 e. The molecule has 0 fully saturated rings. The standard InChI is InChI=1S/C14H12ClFN2O/c1-9-7-10(8-13(15)17-9)14(19)18(2)12-5-3-11(16)4-6-12/h3-8H,1-2H3. The Morgan fingerprint density at radius 2 is 1.89 bits per heavy atom. The van der Waals surface area contributed by atoms with Crippen molar-refractivity contribution in [2.45, 2.75) is 6.92 Å². The Bertz CT molecular complexity index is 593. The van der Waals surface area contributed by atoms with Crippen LogP contribution in [0.5, 0.6) is 0 Å². The van der Waals surface area contributed by atoms with Crippen molar-refractivity contribution in [3.05, 3.63) is 58.6 Å². The number of halogens is 2. The zero-order chi connectivity index (χ0) is 14.0. The van der Waals surface area contributed by atoms with Crippen molar-refractivity contribution in [1.29, 1.82) is 0 Å². The maximum absolute atomic E-state index is 12.9. The minimum absolute atomic E-state index is 0.223. The fraction of sp³-hybridized carbons (Fsp3) is 0.143. The number of benzene rings is 1. The molecule has 0 aliphatic carbocycles. The van der Waals surface area contributed by atoms with Crippen molar-refractivity contribution in [3.8, 4) is 0 Å². The van der Waals surface area contributed by atoms with Gasteiger partial charge < -0.3 is 4.90 Å². The van der Waals surface area contributed by atoms with Gasteiger partial charge >= 0.3 is 0 Å². The van der Waals surface area contributed by atoms with Gasteiger partial charge in [0.25, 0.3) is 5.91 Å². The minimum atomic E-state index is -0.340. The molecule has 0 bridgehead atoms. The highest BCUT2D eigenvalue weighted by atomic mass is 35.5. The van der Waals surface area contributed by atoms with Crippen LogP contribution in [-0.4, -0.2) is 17.9 Å². The molecule has 0 aliphatic rings. The first-order valence-electron chi connectivity index (χ1n) is 5.65. The molecule has 0 saturated heterocycles. The molecule has 5 heteroatoms. The summed E-state index contributed by atoms with van der Waals surface area (Å²) in [5.41, 5.74) is 1.73. The number of hydrogen-bond donors (Lipinski definition) is 0. The Morgan fingerprint density at radius 3 is 2.47 bits per heavy atom. The van der Waals surface area contributed by atoms with Gasteiger partial charge in [-0.1, -0.05) is 11.6 Å². The lowest BCUT2D eigenvalue weighted by Crippen LogP contribution is -2.26. The zero-order valence-corrected chi connectivity index (χ0v) is 11.3. The van der Waals surface area contributed by atoms with E-state index in [9.17, 15) is 9.18 Å². The molecule has 1 heterocycles. The summed E-state index contributed by atoms with van der Waals surface area (Å²) in [6.07, 6.45) is 0. The predicted molar refractivity (Wildman–Crippen MR) is 73.1 cm³/mol. The van der Waals surface area contributed by atoms with Crippen LogP contribution in [0, 0.1) is 12.7 Å². The van der Waals surface area contributed by atoms with Gasteiger partial charge in [0.15, 0.2) is 0 Å². The number of carbonyl (C=O) groups excluding carboxylic acids is 1. The second kappa shape index (κ2) is 5.36. The van der Waals surface area contributed by atoms with Crippen molar-refractivity contribution in [2.24, 2.45) is 0 Å². The van der Waals surface area contributed by atoms with Gasteiger partial charge in [0.05, 0.1) is 0 Å². The van der Waals surface area contributed by atoms with Crippen molar-refractivity contribution in [1.82, 2.24) is 4.98 Å². The van der Waals surface area contributed by atoms with E-state index in [0.29, 0.717) is 16.9 Å². The lowest BCUT2D eigenvalue weighted by molar-refractivity contribution is 0.0993. The van der Waals surface area contributed by atoms with Crippen molar-refractivity contribution >= 4 is 23.2 Å². The third-order valence-corrected chi connectivity index (χ3v) is 2.88. The quantitative estimate of drug-likeness (QED) is 0.788. The SMILES string of the molecule is Cc1cc(C(=O)N(C)c2ccc(F)cc2)cc(Cl)n1. The monoisotopic (exact) mass is 278 g/mol. The van der Waals surface area contributed by atoms with E-state index in [-0.39, 0.29) is 16.9 Å². The van der Waals surface area contributed by atoms with Gasteiger partial charge in [0, 0.05) is 24.0 Å². The topological polar surface area (TPSA) is 33.2 Å². The lowest BCUT2D eigenvalue weighted by atomic mass is 10.2. The molecule has 0 saturated carbocycles. The maximum Gasteiger partial charge on any atom is 0.258 e. The summed E-state index contributed by atoms with van der Waals surface area (Å²) in [7, 11) is 1.62. The second-order valence-electron chi connectivity index (χ2n) is 4.16. The van der Waals surface area contributed by atoms with Crippen LogP contribution in [0.3, 0.4) is 0 Å². The number of aryl methyl sites for hydroxylation is 1. The van der Waals surface area contributed by atoms with E-state index in [1.165, 1.54) is 23.1 Å². The number of carbonyl (C=O) groups is 1. The highest BCUT2D eigenvalue weighted by molar-refractivity contribution is 6.29. The van der Waals surface area contributed by atoms with Crippen LogP contribution in [0.15, 0.2) is 36.4 Å². The molecule has 1 amide bonds. The van der Waals surface area contributed by atoms with Gasteiger partial charge in [-0.2, -0.15) is 0 Å². The molecule has 1 aromatic carbocycles. The van der Waals surface area contributed by atoms with Gasteiger partial charge in [-0.15, -0.1) is 0 Å². The van der Waals surface area contributed by atoms with E-state index in [0.717, 1.165) is 0 Å². The molecule has 0 unspecified atom stereocenters. The Morgan fingerprint density at radius 1 is 1.26 bits per heavy atom. The van der Waals surface area contributed by atoms with Crippen LogP contribution in [0.2, 0.25) is 5.15 Å². The first-order valence-corrected chi connectivity index (χ1v) is 6.03. The molecule has 0 N–H and O–H groups in total. The van der Waals surface area contributed by atoms with Crippen LogP contribution in [0.25, 0.3) is 0 Å². The molecule has 2 rings (SSSR count). The van der Waals surface area contributed by atoms with Crippen LogP contribution < -0.4 is 4.90 Å². The molecule has 19 heavy (non-hydrogen) atoms. The number of amides is 1. The van der Waals surface area contributed by atoms with Gasteiger partial charge in [-0.05, 0) is 43.3 Å². The van der Waals surface area contributed by atoms with Crippen molar-refractivity contribution < 1.29 is 9.18 Å². The first-order chi connectivity index (χ1) is 8.97. The number of anilines is 1. The first kappa shape index (κ1) is 13.5. The normalized spacial score (nSPS) is 10.3. The Balaban J connectivity index is 2.30. The van der Waals surface area contributed by atoms with E-state index in [1.807, 2.05) is 0 Å². The van der Waals surface area contributed by atoms with E-state index in [2.05, 4.69) is 4.98 Å². The zero-order valence-electron chi connectivity index (χ0n) is 10.5. The summed E-state index contributed by atoms with van der Waals surface area (Å²) >= 11 is 5.83. The highest BCUT2D eigenvalue weighted by Gasteiger charge is 2.14. The molecule has 98 valence electrons. The van der Waals surface area contributed by atoms with Gasteiger partial charge in [-0.3, -0.25) is 4.79 Å². The second-order valence-corrected chi connectivity index (χ2v) is 4.55. The number of nitrogens with zero attached hydrogens (tertiary/aromatic N) is 2. The van der Waals surface area contributed by atoms with Crippen LogP contribution in [0.1, 0.15) is 16.1 Å². The summed E-state index contributed by atoms with van der Waals surface area (Å²) < 4.78 is 12.9. The van der Waals surface area contributed by atoms with Gasteiger partial charge in [-0.25, -0.2) is 9.37 Å². The average molecular weight is 279 g/mol. The maximum atomic E-state index is 12.9. The number of rotatable bonds is 2. The lowest BCUT2D eigenvalue weighted by Gasteiger charge is -2.17. The van der Waals surface area contributed by atoms with Crippen molar-refractivity contribution in [2.75, 3.05) is 11.9 Å². The number of pyridine rings is 1. The third-order valence-electron chi connectivity index (χ3n) is 2.69. The fourth-order valence-electron chi connectivity index (χ4n) is 1.73. The molecule has 0 aliphatic heterocycles. The van der Waals surface area contributed by atoms with Gasteiger partial charge in [0.2, 0.25) is 0 Å². The highest BCUT2D eigenvalue weighted by Crippen LogP contribution is 2.18. The molecular weight excluding hydrogens is 267 g/mol. The minimum Gasteiger partial charge on any atom is -0.311 e. The van der Waals surface area contributed by atoms with E-state index in [1.54, 1.807) is 32.2 Å². The van der Waals surface area contributed by atoms with Crippen LogP contribution >= 0.6 is 11.6 Å². The summed E-state index contributed by atoms with van der Waals surface area (Å²) in [5.74, 6) is -0.564. The van der Waals surface area contributed by atoms with Crippen LogP contribution in [0.4, 0.5) is 10.1 Å². The molecule has 0 atom stereocenters. The predicted octanol–water partition coefficient (Wildman–Crippen LogP) is 3.46. The largest absolute Gasteiger partial charge is 0.311 e.